The fourth-order valence-corrected chi connectivity index (χ4v) is 2.37. The monoisotopic (exact) mass is 219 g/mol. The van der Waals surface area contributed by atoms with Gasteiger partial charge in [-0.15, -0.1) is 0 Å². The van der Waals surface area contributed by atoms with Crippen LogP contribution in [0.25, 0.3) is 0 Å². The van der Waals surface area contributed by atoms with Gasteiger partial charge in [-0.1, -0.05) is 0 Å². The van der Waals surface area contributed by atoms with Gasteiger partial charge in [0.1, 0.15) is 0 Å². The molecule has 1 unspecified atom stereocenters. The van der Waals surface area contributed by atoms with Gasteiger partial charge >= 0.3 is 0 Å². The third-order valence-corrected chi connectivity index (χ3v) is 3.03. The molecule has 4 heteroatoms. The summed E-state index contributed by atoms with van der Waals surface area (Å²) in [6.45, 7) is 3.29. The highest BCUT2D eigenvalue weighted by Gasteiger charge is 2.26. The molecule has 0 spiro atoms. The van der Waals surface area contributed by atoms with Crippen LogP contribution in [0.2, 0.25) is 0 Å². The van der Waals surface area contributed by atoms with E-state index < -0.39 is 0 Å². The lowest BCUT2D eigenvalue weighted by Gasteiger charge is -2.23. The number of likely N-dealkylation sites (tertiary alicyclic amines) is 1. The molecule has 0 bridgehead atoms. The van der Waals surface area contributed by atoms with Crippen molar-refractivity contribution in [2.24, 2.45) is 5.73 Å². The minimum absolute atomic E-state index is 0.252. The number of hydrogen-bond acceptors (Lipinski definition) is 3. The summed E-state index contributed by atoms with van der Waals surface area (Å²) in [5.74, 6) is -0.252. The van der Waals surface area contributed by atoms with Crippen molar-refractivity contribution in [2.75, 3.05) is 13.1 Å². The molecular weight excluding hydrogens is 202 g/mol. The van der Waals surface area contributed by atoms with Crippen LogP contribution in [0.15, 0.2) is 18.3 Å². The molecule has 1 amide bonds. The predicted octanol–water partition coefficient (Wildman–Crippen LogP) is 1.01. The Kier molecular flexibility index (Phi) is 3.19. The Labute approximate surface area is 95.5 Å². The predicted molar refractivity (Wildman–Crippen MR) is 61.7 cm³/mol. The van der Waals surface area contributed by atoms with Crippen molar-refractivity contribution in [3.63, 3.8) is 0 Å². The largest absolute Gasteiger partial charge is 0.369 e. The number of carbonyl (C=O) groups excluding carboxylic acids is 1. The number of hydrogen-bond donors (Lipinski definition) is 1. The fourth-order valence-electron chi connectivity index (χ4n) is 2.37. The molecular formula is C12H17N3O. The summed E-state index contributed by atoms with van der Waals surface area (Å²) in [4.78, 5) is 17.3. The quantitative estimate of drug-likeness (QED) is 0.825. The molecule has 0 aliphatic carbocycles. The number of aromatic nitrogens is 1. The SMILES string of the molecule is Cc1cc(C2CCCN2CC(N)=O)ccn1. The summed E-state index contributed by atoms with van der Waals surface area (Å²) >= 11 is 0. The van der Waals surface area contributed by atoms with Crippen LogP contribution in [0, 0.1) is 6.92 Å². The maximum absolute atomic E-state index is 11.0. The van der Waals surface area contributed by atoms with Crippen molar-refractivity contribution in [1.82, 2.24) is 9.88 Å². The molecule has 1 aromatic heterocycles. The average molecular weight is 219 g/mol. The Morgan fingerprint density at radius 2 is 2.50 bits per heavy atom. The average Bonchev–Trinajstić information content (AvgIpc) is 2.65. The van der Waals surface area contributed by atoms with Crippen LogP contribution >= 0.6 is 0 Å². The first kappa shape index (κ1) is 11.1. The summed E-state index contributed by atoms with van der Waals surface area (Å²) < 4.78 is 0. The Balaban J connectivity index is 2.16. The lowest BCUT2D eigenvalue weighted by atomic mass is 10.1. The second-order valence-corrected chi connectivity index (χ2v) is 4.33. The molecule has 1 atom stereocenters. The highest BCUT2D eigenvalue weighted by Crippen LogP contribution is 2.31. The Morgan fingerprint density at radius 1 is 1.69 bits per heavy atom. The highest BCUT2D eigenvalue weighted by atomic mass is 16.1. The Hall–Kier alpha value is -1.42. The summed E-state index contributed by atoms with van der Waals surface area (Å²) in [5.41, 5.74) is 7.51. The summed E-state index contributed by atoms with van der Waals surface area (Å²) in [6, 6.07) is 4.44. The molecule has 2 N–H and O–H groups in total. The summed E-state index contributed by atoms with van der Waals surface area (Å²) in [5, 5.41) is 0. The van der Waals surface area contributed by atoms with Crippen molar-refractivity contribution < 1.29 is 4.79 Å². The van der Waals surface area contributed by atoms with E-state index in [0.29, 0.717) is 12.6 Å². The molecule has 1 saturated heterocycles. The van der Waals surface area contributed by atoms with Crippen molar-refractivity contribution >= 4 is 5.91 Å². The van der Waals surface area contributed by atoms with Gasteiger partial charge in [0.15, 0.2) is 0 Å². The molecule has 2 heterocycles. The molecule has 0 radical (unpaired) electrons. The second-order valence-electron chi connectivity index (χ2n) is 4.33. The molecule has 86 valence electrons. The first-order valence-corrected chi connectivity index (χ1v) is 5.62. The van der Waals surface area contributed by atoms with E-state index in [1.54, 1.807) is 0 Å². The first-order valence-electron chi connectivity index (χ1n) is 5.62. The number of aryl methyl sites for hydroxylation is 1. The maximum atomic E-state index is 11.0. The molecule has 2 rings (SSSR count). The fraction of sp³-hybridized carbons (Fsp3) is 0.500. The van der Waals surface area contributed by atoms with Crippen LogP contribution in [-0.2, 0) is 4.79 Å². The Morgan fingerprint density at radius 3 is 3.19 bits per heavy atom. The third-order valence-electron chi connectivity index (χ3n) is 3.03. The zero-order valence-corrected chi connectivity index (χ0v) is 9.52. The molecule has 0 saturated carbocycles. The van der Waals surface area contributed by atoms with E-state index in [-0.39, 0.29) is 5.91 Å². The van der Waals surface area contributed by atoms with Crippen LogP contribution in [0.5, 0.6) is 0 Å². The number of nitrogens with two attached hydrogens (primary N) is 1. The summed E-state index contributed by atoms with van der Waals surface area (Å²) in [6.07, 6.45) is 4.04. The Bertz CT molecular complexity index is 392. The van der Waals surface area contributed by atoms with E-state index in [9.17, 15) is 4.79 Å². The smallest absolute Gasteiger partial charge is 0.231 e. The third kappa shape index (κ3) is 2.39. The molecule has 16 heavy (non-hydrogen) atoms. The van der Waals surface area contributed by atoms with Gasteiger partial charge in [-0.25, -0.2) is 0 Å². The van der Waals surface area contributed by atoms with E-state index in [4.69, 9.17) is 5.73 Å². The number of carbonyl (C=O) groups is 1. The zero-order chi connectivity index (χ0) is 11.5. The normalized spacial score (nSPS) is 21.2. The van der Waals surface area contributed by atoms with Gasteiger partial charge in [-0.3, -0.25) is 14.7 Å². The van der Waals surface area contributed by atoms with Crippen LogP contribution in [0.3, 0.4) is 0 Å². The van der Waals surface area contributed by atoms with Gasteiger partial charge in [-0.05, 0) is 44.0 Å². The lowest BCUT2D eigenvalue weighted by Crippen LogP contribution is -2.33. The van der Waals surface area contributed by atoms with E-state index in [2.05, 4.69) is 16.0 Å². The number of rotatable bonds is 3. The van der Waals surface area contributed by atoms with Gasteiger partial charge < -0.3 is 5.73 Å². The second kappa shape index (κ2) is 4.61. The molecule has 1 aliphatic heterocycles. The zero-order valence-electron chi connectivity index (χ0n) is 9.52. The number of primary amides is 1. The van der Waals surface area contributed by atoms with Crippen molar-refractivity contribution in [2.45, 2.75) is 25.8 Å². The van der Waals surface area contributed by atoms with Gasteiger partial charge in [0.25, 0.3) is 0 Å². The van der Waals surface area contributed by atoms with Crippen LogP contribution in [-0.4, -0.2) is 28.9 Å². The maximum Gasteiger partial charge on any atom is 0.231 e. The van der Waals surface area contributed by atoms with Crippen LogP contribution < -0.4 is 5.73 Å². The van der Waals surface area contributed by atoms with E-state index >= 15 is 0 Å². The highest BCUT2D eigenvalue weighted by molar-refractivity contribution is 5.76. The van der Waals surface area contributed by atoms with E-state index in [1.165, 1.54) is 5.56 Å². The number of amides is 1. The van der Waals surface area contributed by atoms with Crippen molar-refractivity contribution in [3.8, 4) is 0 Å². The number of pyridine rings is 1. The van der Waals surface area contributed by atoms with Gasteiger partial charge in [0.2, 0.25) is 5.91 Å². The van der Waals surface area contributed by atoms with Gasteiger partial charge in [-0.2, -0.15) is 0 Å². The summed E-state index contributed by atoms with van der Waals surface area (Å²) in [7, 11) is 0. The number of nitrogens with zero attached hydrogens (tertiary/aromatic N) is 2. The van der Waals surface area contributed by atoms with Gasteiger partial charge in [0.05, 0.1) is 6.54 Å². The minimum atomic E-state index is -0.252. The molecule has 1 aliphatic rings. The topological polar surface area (TPSA) is 59.2 Å². The molecule has 0 aromatic carbocycles. The lowest BCUT2D eigenvalue weighted by molar-refractivity contribution is -0.119. The van der Waals surface area contributed by atoms with Gasteiger partial charge in [0, 0.05) is 17.9 Å². The molecule has 1 aromatic rings. The van der Waals surface area contributed by atoms with E-state index in [1.807, 2.05) is 19.2 Å². The van der Waals surface area contributed by atoms with Crippen LogP contribution in [0.4, 0.5) is 0 Å². The molecule has 4 nitrogen and oxygen atoms in total. The van der Waals surface area contributed by atoms with Crippen molar-refractivity contribution in [3.05, 3.63) is 29.6 Å². The van der Waals surface area contributed by atoms with Crippen LogP contribution in [0.1, 0.15) is 30.1 Å². The standard InChI is InChI=1S/C12H17N3O/c1-9-7-10(4-5-14-9)11-3-2-6-15(11)8-12(13)16/h4-5,7,11H,2-3,6,8H2,1H3,(H2,13,16). The van der Waals surface area contributed by atoms with E-state index in [0.717, 1.165) is 25.1 Å². The first-order chi connectivity index (χ1) is 7.66. The van der Waals surface area contributed by atoms with Crippen molar-refractivity contribution in [1.29, 1.82) is 0 Å². The minimum Gasteiger partial charge on any atom is -0.369 e. The molecule has 1 fully saturated rings.